The molecule has 0 aromatic carbocycles. The van der Waals surface area contributed by atoms with Crippen LogP contribution < -0.4 is 11.1 Å². The number of rotatable bonds is 2. The van der Waals surface area contributed by atoms with E-state index in [1.165, 1.54) is 11.3 Å². The van der Waals surface area contributed by atoms with E-state index >= 15 is 0 Å². The van der Waals surface area contributed by atoms with Gasteiger partial charge in [0.25, 0.3) is 5.91 Å². The van der Waals surface area contributed by atoms with Crippen molar-refractivity contribution in [3.05, 3.63) is 21.9 Å². The van der Waals surface area contributed by atoms with Crippen molar-refractivity contribution in [2.24, 2.45) is 11.7 Å². The lowest BCUT2D eigenvalue weighted by Gasteiger charge is -2.33. The Morgan fingerprint density at radius 3 is 3.00 bits per heavy atom. The van der Waals surface area contributed by atoms with Crippen LogP contribution in [-0.4, -0.2) is 18.5 Å². The standard InChI is InChI=1S/C13H16N2OS/c1-9-7-10(8-9)15-13(16)12-5-4-11(17-12)3-2-6-14/h4-5,9-10H,6-8,14H2,1H3,(H,15,16). The van der Waals surface area contributed by atoms with Crippen LogP contribution in [0.3, 0.4) is 0 Å². The van der Waals surface area contributed by atoms with Crippen LogP contribution in [0.1, 0.15) is 34.3 Å². The number of nitrogens with one attached hydrogen (secondary N) is 1. The molecule has 2 rings (SSSR count). The second-order valence-electron chi connectivity index (χ2n) is 4.42. The van der Waals surface area contributed by atoms with Gasteiger partial charge in [0, 0.05) is 6.04 Å². The summed E-state index contributed by atoms with van der Waals surface area (Å²) < 4.78 is 0. The van der Waals surface area contributed by atoms with Gasteiger partial charge in [-0.1, -0.05) is 18.8 Å². The minimum absolute atomic E-state index is 0.0210. The summed E-state index contributed by atoms with van der Waals surface area (Å²) in [6.07, 6.45) is 2.19. The Morgan fingerprint density at radius 2 is 2.35 bits per heavy atom. The first-order valence-electron chi connectivity index (χ1n) is 5.78. The van der Waals surface area contributed by atoms with Gasteiger partial charge in [0.05, 0.1) is 16.3 Å². The average molecular weight is 248 g/mol. The molecule has 4 heteroatoms. The average Bonchev–Trinajstić information content (AvgIpc) is 2.72. The zero-order valence-corrected chi connectivity index (χ0v) is 10.6. The Balaban J connectivity index is 1.92. The van der Waals surface area contributed by atoms with Gasteiger partial charge in [-0.3, -0.25) is 4.79 Å². The van der Waals surface area contributed by atoms with E-state index in [1.807, 2.05) is 12.1 Å². The van der Waals surface area contributed by atoms with Gasteiger partial charge in [-0.05, 0) is 30.9 Å². The molecule has 1 saturated carbocycles. The predicted molar refractivity (Wildman–Crippen MR) is 69.9 cm³/mol. The zero-order valence-electron chi connectivity index (χ0n) is 9.82. The van der Waals surface area contributed by atoms with Gasteiger partial charge < -0.3 is 11.1 Å². The smallest absolute Gasteiger partial charge is 0.261 e. The summed E-state index contributed by atoms with van der Waals surface area (Å²) in [5.41, 5.74) is 5.30. The summed E-state index contributed by atoms with van der Waals surface area (Å²) in [4.78, 5) is 13.5. The van der Waals surface area contributed by atoms with Crippen LogP contribution in [0, 0.1) is 17.8 Å². The third-order valence-electron chi connectivity index (χ3n) is 2.85. The molecule has 0 radical (unpaired) electrons. The quantitative estimate of drug-likeness (QED) is 0.781. The number of nitrogens with two attached hydrogens (primary N) is 1. The van der Waals surface area contributed by atoms with Crippen molar-refractivity contribution < 1.29 is 4.79 Å². The van der Waals surface area contributed by atoms with Crippen molar-refractivity contribution in [1.82, 2.24) is 5.32 Å². The molecule has 17 heavy (non-hydrogen) atoms. The predicted octanol–water partition coefficient (Wildman–Crippen LogP) is 1.59. The maximum Gasteiger partial charge on any atom is 0.261 e. The van der Waals surface area contributed by atoms with E-state index in [1.54, 1.807) is 0 Å². The highest BCUT2D eigenvalue weighted by atomic mass is 32.1. The van der Waals surface area contributed by atoms with Gasteiger partial charge in [-0.15, -0.1) is 11.3 Å². The van der Waals surface area contributed by atoms with Gasteiger partial charge >= 0.3 is 0 Å². The molecular weight excluding hydrogens is 232 g/mol. The molecule has 3 nitrogen and oxygen atoms in total. The Bertz CT molecular complexity index is 463. The van der Waals surface area contributed by atoms with E-state index in [0.29, 0.717) is 12.6 Å². The minimum atomic E-state index is 0.0210. The molecule has 90 valence electrons. The first-order valence-corrected chi connectivity index (χ1v) is 6.60. The van der Waals surface area contributed by atoms with Crippen molar-refractivity contribution in [3.8, 4) is 11.8 Å². The maximum absolute atomic E-state index is 11.9. The summed E-state index contributed by atoms with van der Waals surface area (Å²) in [5.74, 6) is 6.48. The van der Waals surface area contributed by atoms with Crippen molar-refractivity contribution in [2.75, 3.05) is 6.54 Å². The van der Waals surface area contributed by atoms with Crippen molar-refractivity contribution in [1.29, 1.82) is 0 Å². The lowest BCUT2D eigenvalue weighted by molar-refractivity contribution is 0.0900. The highest BCUT2D eigenvalue weighted by Crippen LogP contribution is 2.27. The first kappa shape index (κ1) is 12.2. The Morgan fingerprint density at radius 1 is 1.59 bits per heavy atom. The molecule has 1 aromatic rings. The number of hydrogen-bond acceptors (Lipinski definition) is 3. The summed E-state index contributed by atoms with van der Waals surface area (Å²) in [7, 11) is 0. The molecule has 0 aliphatic heterocycles. The van der Waals surface area contributed by atoms with Gasteiger partial charge in [-0.2, -0.15) is 0 Å². The normalized spacial score (nSPS) is 22.2. The van der Waals surface area contributed by atoms with E-state index < -0.39 is 0 Å². The highest BCUT2D eigenvalue weighted by Gasteiger charge is 2.27. The van der Waals surface area contributed by atoms with Crippen LogP contribution >= 0.6 is 11.3 Å². The molecule has 1 aliphatic carbocycles. The fourth-order valence-electron chi connectivity index (χ4n) is 1.94. The van der Waals surface area contributed by atoms with E-state index in [4.69, 9.17) is 5.73 Å². The molecule has 0 bridgehead atoms. The van der Waals surface area contributed by atoms with E-state index in [-0.39, 0.29) is 5.91 Å². The van der Waals surface area contributed by atoms with Crippen LogP contribution in [0.5, 0.6) is 0 Å². The molecular formula is C13H16N2OS. The van der Waals surface area contributed by atoms with Crippen LogP contribution in [-0.2, 0) is 0 Å². The summed E-state index contributed by atoms with van der Waals surface area (Å²) in [6.45, 7) is 2.55. The number of carbonyl (C=O) groups is 1. The lowest BCUT2D eigenvalue weighted by Crippen LogP contribution is -2.43. The Kier molecular flexibility index (Phi) is 3.82. The van der Waals surface area contributed by atoms with Crippen LogP contribution in [0.25, 0.3) is 0 Å². The Hall–Kier alpha value is -1.31. The highest BCUT2D eigenvalue weighted by molar-refractivity contribution is 7.14. The molecule has 3 N–H and O–H groups in total. The monoisotopic (exact) mass is 248 g/mol. The molecule has 1 fully saturated rings. The second kappa shape index (κ2) is 5.35. The molecule has 0 saturated heterocycles. The van der Waals surface area contributed by atoms with Gasteiger partial charge in [0.15, 0.2) is 0 Å². The topological polar surface area (TPSA) is 55.1 Å². The molecule has 0 spiro atoms. The SMILES string of the molecule is CC1CC(NC(=O)c2ccc(C#CCN)s2)C1. The summed E-state index contributed by atoms with van der Waals surface area (Å²) >= 11 is 1.42. The van der Waals surface area contributed by atoms with E-state index in [0.717, 1.165) is 28.5 Å². The summed E-state index contributed by atoms with van der Waals surface area (Å²) in [5, 5.41) is 3.03. The fraction of sp³-hybridized carbons (Fsp3) is 0.462. The first-order chi connectivity index (χ1) is 8.19. The molecule has 1 aromatic heterocycles. The molecule has 1 heterocycles. The number of hydrogen-bond donors (Lipinski definition) is 2. The van der Waals surface area contributed by atoms with Crippen molar-refractivity contribution >= 4 is 17.2 Å². The van der Waals surface area contributed by atoms with E-state index in [2.05, 4.69) is 24.1 Å². The lowest BCUT2D eigenvalue weighted by atomic mass is 9.82. The number of carbonyl (C=O) groups excluding carboxylic acids is 1. The third kappa shape index (κ3) is 3.09. The maximum atomic E-state index is 11.9. The Labute approximate surface area is 105 Å². The van der Waals surface area contributed by atoms with Crippen LogP contribution in [0.4, 0.5) is 0 Å². The fourth-order valence-corrected chi connectivity index (χ4v) is 2.73. The van der Waals surface area contributed by atoms with Crippen molar-refractivity contribution in [2.45, 2.75) is 25.8 Å². The van der Waals surface area contributed by atoms with Gasteiger partial charge in [-0.25, -0.2) is 0 Å². The van der Waals surface area contributed by atoms with E-state index in [9.17, 15) is 4.79 Å². The van der Waals surface area contributed by atoms with Crippen LogP contribution in [0.2, 0.25) is 0 Å². The second-order valence-corrected chi connectivity index (χ2v) is 5.50. The zero-order chi connectivity index (χ0) is 12.3. The molecule has 0 atom stereocenters. The summed E-state index contributed by atoms with van der Waals surface area (Å²) in [6, 6.07) is 4.05. The minimum Gasteiger partial charge on any atom is -0.349 e. The molecule has 1 amide bonds. The van der Waals surface area contributed by atoms with Crippen LogP contribution in [0.15, 0.2) is 12.1 Å². The van der Waals surface area contributed by atoms with Crippen molar-refractivity contribution in [3.63, 3.8) is 0 Å². The number of thiophene rings is 1. The number of amides is 1. The third-order valence-corrected chi connectivity index (χ3v) is 3.85. The van der Waals surface area contributed by atoms with Gasteiger partial charge in [0.2, 0.25) is 0 Å². The molecule has 0 unspecified atom stereocenters. The molecule has 1 aliphatic rings. The largest absolute Gasteiger partial charge is 0.349 e. The van der Waals surface area contributed by atoms with Gasteiger partial charge in [0.1, 0.15) is 0 Å².